The summed E-state index contributed by atoms with van der Waals surface area (Å²) >= 11 is 0. The SMILES string of the molecule is COc1cccc(-c2cc(CC(=O)Nc3cc(C(F)(F)F)cc(C(F)(F)F)c3)no2)c1. The van der Waals surface area contributed by atoms with Crippen LogP contribution in [0.5, 0.6) is 5.75 Å². The van der Waals surface area contributed by atoms with Gasteiger partial charge >= 0.3 is 12.4 Å². The molecule has 0 bridgehead atoms. The average molecular weight is 444 g/mol. The summed E-state index contributed by atoms with van der Waals surface area (Å²) in [6.07, 6.45) is -10.5. The minimum absolute atomic E-state index is 0.0201. The van der Waals surface area contributed by atoms with Gasteiger partial charge in [-0.05, 0) is 30.3 Å². The van der Waals surface area contributed by atoms with Gasteiger partial charge in [-0.25, -0.2) is 0 Å². The second-order valence-corrected chi connectivity index (χ2v) is 6.43. The molecule has 2 aromatic carbocycles. The number of amides is 1. The first-order valence-electron chi connectivity index (χ1n) is 8.65. The van der Waals surface area contributed by atoms with Gasteiger partial charge in [0.15, 0.2) is 5.76 Å². The fraction of sp³-hybridized carbons (Fsp3) is 0.200. The Labute approximate surface area is 171 Å². The second kappa shape index (κ2) is 8.32. The van der Waals surface area contributed by atoms with Crippen molar-refractivity contribution in [1.29, 1.82) is 0 Å². The molecule has 164 valence electrons. The molecule has 1 aromatic heterocycles. The summed E-state index contributed by atoms with van der Waals surface area (Å²) < 4.78 is 87.8. The minimum atomic E-state index is -5.02. The first kappa shape index (κ1) is 22.2. The Hall–Kier alpha value is -3.50. The average Bonchev–Trinajstić information content (AvgIpc) is 3.14. The van der Waals surface area contributed by atoms with Gasteiger partial charge in [0.25, 0.3) is 0 Å². The van der Waals surface area contributed by atoms with Gasteiger partial charge in [-0.15, -0.1) is 0 Å². The molecule has 0 atom stereocenters. The predicted molar refractivity (Wildman–Crippen MR) is 97.3 cm³/mol. The van der Waals surface area contributed by atoms with Crippen LogP contribution < -0.4 is 10.1 Å². The summed E-state index contributed by atoms with van der Waals surface area (Å²) in [6, 6.07) is 9.04. The largest absolute Gasteiger partial charge is 0.497 e. The maximum absolute atomic E-state index is 12.9. The van der Waals surface area contributed by atoms with Crippen molar-refractivity contribution in [2.75, 3.05) is 12.4 Å². The van der Waals surface area contributed by atoms with Gasteiger partial charge in [-0.1, -0.05) is 17.3 Å². The quantitative estimate of drug-likeness (QED) is 0.523. The monoisotopic (exact) mass is 444 g/mol. The van der Waals surface area contributed by atoms with Crippen molar-refractivity contribution in [2.24, 2.45) is 0 Å². The van der Waals surface area contributed by atoms with Crippen molar-refractivity contribution < 1.29 is 40.4 Å². The van der Waals surface area contributed by atoms with Gasteiger partial charge in [-0.3, -0.25) is 4.79 Å². The molecule has 0 fully saturated rings. The smallest absolute Gasteiger partial charge is 0.416 e. The number of halogens is 6. The Morgan fingerprint density at radius 3 is 2.23 bits per heavy atom. The van der Waals surface area contributed by atoms with E-state index in [-0.39, 0.29) is 11.8 Å². The molecule has 0 spiro atoms. The zero-order valence-corrected chi connectivity index (χ0v) is 15.8. The van der Waals surface area contributed by atoms with E-state index in [1.807, 2.05) is 5.32 Å². The summed E-state index contributed by atoms with van der Waals surface area (Å²) in [6.45, 7) is 0. The van der Waals surface area contributed by atoms with E-state index >= 15 is 0 Å². The highest BCUT2D eigenvalue weighted by Gasteiger charge is 2.37. The summed E-state index contributed by atoms with van der Waals surface area (Å²) in [7, 11) is 1.48. The fourth-order valence-electron chi connectivity index (χ4n) is 2.70. The molecular formula is C20H14F6N2O3. The number of nitrogens with one attached hydrogen (secondary N) is 1. The third-order valence-electron chi connectivity index (χ3n) is 4.13. The van der Waals surface area contributed by atoms with E-state index in [9.17, 15) is 31.1 Å². The van der Waals surface area contributed by atoms with Gasteiger partial charge in [-0.2, -0.15) is 26.3 Å². The molecule has 11 heteroatoms. The number of benzene rings is 2. The molecular weight excluding hydrogens is 430 g/mol. The Morgan fingerprint density at radius 1 is 1.00 bits per heavy atom. The third-order valence-corrected chi connectivity index (χ3v) is 4.13. The van der Waals surface area contributed by atoms with Crippen molar-refractivity contribution in [1.82, 2.24) is 5.16 Å². The normalized spacial score (nSPS) is 12.0. The minimum Gasteiger partial charge on any atom is -0.497 e. The number of alkyl halides is 6. The summed E-state index contributed by atoms with van der Waals surface area (Å²) in [5.41, 5.74) is -2.95. The molecule has 3 rings (SSSR count). The molecule has 1 N–H and O–H groups in total. The summed E-state index contributed by atoms with van der Waals surface area (Å²) in [5.74, 6) is -0.00345. The lowest BCUT2D eigenvalue weighted by Gasteiger charge is -2.14. The summed E-state index contributed by atoms with van der Waals surface area (Å²) in [5, 5.41) is 5.75. The lowest BCUT2D eigenvalue weighted by atomic mass is 10.1. The second-order valence-electron chi connectivity index (χ2n) is 6.43. The molecule has 0 radical (unpaired) electrons. The maximum atomic E-state index is 12.9. The van der Waals surface area contributed by atoms with Gasteiger partial charge in [0.1, 0.15) is 5.75 Å². The Morgan fingerprint density at radius 2 is 1.65 bits per heavy atom. The molecule has 0 saturated heterocycles. The first-order valence-corrected chi connectivity index (χ1v) is 8.65. The van der Waals surface area contributed by atoms with Crippen molar-refractivity contribution in [3.8, 4) is 17.1 Å². The van der Waals surface area contributed by atoms with Crippen molar-refractivity contribution >= 4 is 11.6 Å². The lowest BCUT2D eigenvalue weighted by Crippen LogP contribution is -2.17. The van der Waals surface area contributed by atoms with Crippen molar-refractivity contribution in [2.45, 2.75) is 18.8 Å². The first-order chi connectivity index (χ1) is 14.5. The standard InChI is InChI=1S/C20H14F6N2O3/c1-30-16-4-2-3-11(5-16)17-9-15(28-31-17)10-18(29)27-14-7-12(19(21,22)23)6-13(8-14)20(24,25)26/h2-9H,10H2,1H3,(H,27,29). The molecule has 0 unspecified atom stereocenters. The number of carbonyl (C=O) groups excluding carboxylic acids is 1. The van der Waals surface area contributed by atoms with E-state index in [0.29, 0.717) is 29.2 Å². The van der Waals surface area contributed by atoms with Crippen LogP contribution >= 0.6 is 0 Å². The predicted octanol–water partition coefficient (Wildman–Crippen LogP) is 5.57. The fourth-order valence-corrected chi connectivity index (χ4v) is 2.70. The van der Waals surface area contributed by atoms with E-state index < -0.39 is 41.5 Å². The Balaban J connectivity index is 1.77. The number of hydrogen-bond acceptors (Lipinski definition) is 4. The van der Waals surface area contributed by atoms with Gasteiger partial charge in [0, 0.05) is 17.3 Å². The molecule has 3 aromatic rings. The Bertz CT molecular complexity index is 1060. The number of carbonyl (C=O) groups is 1. The van der Waals surface area contributed by atoms with Crippen LogP contribution in [0.4, 0.5) is 32.0 Å². The molecule has 0 aliphatic heterocycles. The highest BCUT2D eigenvalue weighted by atomic mass is 19.4. The van der Waals surface area contributed by atoms with Crippen LogP contribution in [0.2, 0.25) is 0 Å². The maximum Gasteiger partial charge on any atom is 0.416 e. The lowest BCUT2D eigenvalue weighted by molar-refractivity contribution is -0.143. The van der Waals surface area contributed by atoms with E-state index in [0.717, 1.165) is 0 Å². The number of ether oxygens (including phenoxy) is 1. The van der Waals surface area contributed by atoms with Gasteiger partial charge < -0.3 is 14.6 Å². The molecule has 5 nitrogen and oxygen atoms in total. The molecule has 1 amide bonds. The number of anilines is 1. The van der Waals surface area contributed by atoms with Crippen LogP contribution in [-0.4, -0.2) is 18.2 Å². The van der Waals surface area contributed by atoms with Crippen molar-refractivity contribution in [3.63, 3.8) is 0 Å². The molecule has 0 aliphatic carbocycles. The molecule has 1 heterocycles. The molecule has 0 saturated carbocycles. The number of nitrogens with zero attached hydrogens (tertiary/aromatic N) is 1. The van der Waals surface area contributed by atoms with Crippen LogP contribution in [-0.2, 0) is 23.6 Å². The van der Waals surface area contributed by atoms with E-state index in [1.54, 1.807) is 24.3 Å². The number of rotatable bonds is 5. The highest BCUT2D eigenvalue weighted by Crippen LogP contribution is 2.37. The van der Waals surface area contributed by atoms with Crippen LogP contribution in [0.15, 0.2) is 53.1 Å². The van der Waals surface area contributed by atoms with Crippen LogP contribution in [0, 0.1) is 0 Å². The van der Waals surface area contributed by atoms with Crippen LogP contribution in [0.25, 0.3) is 11.3 Å². The highest BCUT2D eigenvalue weighted by molar-refractivity contribution is 5.92. The molecule has 31 heavy (non-hydrogen) atoms. The van der Waals surface area contributed by atoms with Crippen molar-refractivity contribution in [3.05, 3.63) is 65.4 Å². The van der Waals surface area contributed by atoms with Crippen LogP contribution in [0.1, 0.15) is 16.8 Å². The van der Waals surface area contributed by atoms with E-state index in [2.05, 4.69) is 5.16 Å². The van der Waals surface area contributed by atoms with E-state index in [4.69, 9.17) is 9.26 Å². The zero-order valence-electron chi connectivity index (χ0n) is 15.8. The number of methoxy groups -OCH3 is 1. The van der Waals surface area contributed by atoms with E-state index in [1.165, 1.54) is 13.2 Å². The topological polar surface area (TPSA) is 64.4 Å². The third kappa shape index (κ3) is 5.56. The number of aromatic nitrogens is 1. The zero-order chi connectivity index (χ0) is 22.8. The van der Waals surface area contributed by atoms with Gasteiger partial charge in [0.05, 0.1) is 30.4 Å². The van der Waals surface area contributed by atoms with Crippen LogP contribution in [0.3, 0.4) is 0 Å². The molecule has 0 aliphatic rings. The number of hydrogen-bond donors (Lipinski definition) is 1. The summed E-state index contributed by atoms with van der Waals surface area (Å²) in [4.78, 5) is 12.2. The van der Waals surface area contributed by atoms with Gasteiger partial charge in [0.2, 0.25) is 5.91 Å². The Kier molecular flexibility index (Phi) is 5.96.